The number of oxazole rings is 1. The second-order valence-electron chi connectivity index (χ2n) is 8.53. The number of nitrogens with zero attached hydrogens (tertiary/aromatic N) is 1. The molecule has 1 aromatic heterocycles. The predicted molar refractivity (Wildman–Crippen MR) is 131 cm³/mol. The minimum Gasteiger partial charge on any atom is -0.440 e. The van der Waals surface area contributed by atoms with Crippen LogP contribution in [0.15, 0.2) is 71.2 Å². The zero-order valence-corrected chi connectivity index (χ0v) is 19.0. The number of aryl methyl sites for hydroxylation is 2. The first-order chi connectivity index (χ1) is 15.4. The Labute approximate surface area is 189 Å². The van der Waals surface area contributed by atoms with Gasteiger partial charge in [-0.15, -0.1) is 0 Å². The fourth-order valence-electron chi connectivity index (χ4n) is 3.53. The number of anilines is 1. The van der Waals surface area contributed by atoms with Crippen molar-refractivity contribution in [3.05, 3.63) is 100 Å². The van der Waals surface area contributed by atoms with Gasteiger partial charge in [0.1, 0.15) is 5.52 Å². The molecule has 1 N–H and O–H groups in total. The first kappa shape index (κ1) is 21.6. The van der Waals surface area contributed by atoms with Crippen LogP contribution in [-0.4, -0.2) is 10.9 Å². The monoisotopic (exact) mass is 424 g/mol. The first-order valence-electron chi connectivity index (χ1n) is 10.9. The normalized spacial score (nSPS) is 11.5. The lowest BCUT2D eigenvalue weighted by Gasteiger charge is -2.05. The predicted octanol–water partition coefficient (Wildman–Crippen LogP) is 6.81. The van der Waals surface area contributed by atoms with Crippen LogP contribution in [0.4, 0.5) is 5.69 Å². The van der Waals surface area contributed by atoms with Gasteiger partial charge >= 0.3 is 0 Å². The molecule has 4 aromatic rings. The van der Waals surface area contributed by atoms with E-state index in [1.807, 2.05) is 48.5 Å². The van der Waals surface area contributed by atoms with Crippen LogP contribution in [0, 0.1) is 13.8 Å². The number of carbonyl (C=O) groups is 1. The van der Waals surface area contributed by atoms with Crippen molar-refractivity contribution in [1.29, 1.82) is 0 Å². The highest BCUT2D eigenvalue weighted by atomic mass is 16.3. The Kier molecular flexibility index (Phi) is 6.22. The topological polar surface area (TPSA) is 55.1 Å². The van der Waals surface area contributed by atoms with Gasteiger partial charge in [-0.2, -0.15) is 0 Å². The van der Waals surface area contributed by atoms with Gasteiger partial charge in [0.05, 0.1) is 0 Å². The molecular formula is C28H28N2O2. The van der Waals surface area contributed by atoms with Gasteiger partial charge in [-0.05, 0) is 77.9 Å². The highest BCUT2D eigenvalue weighted by Gasteiger charge is 2.09. The van der Waals surface area contributed by atoms with Crippen molar-refractivity contribution in [1.82, 2.24) is 4.98 Å². The number of nitrogens with one attached hydrogen (secondary N) is 1. The number of benzene rings is 3. The molecule has 4 nitrogen and oxygen atoms in total. The van der Waals surface area contributed by atoms with E-state index in [1.165, 1.54) is 16.7 Å². The van der Waals surface area contributed by atoms with Gasteiger partial charge < -0.3 is 9.73 Å². The molecule has 0 atom stereocenters. The summed E-state index contributed by atoms with van der Waals surface area (Å²) in [4.78, 5) is 16.9. The molecule has 0 fully saturated rings. The molecule has 4 rings (SSSR count). The molecule has 1 amide bonds. The van der Waals surface area contributed by atoms with Crippen molar-refractivity contribution < 1.29 is 9.21 Å². The Bertz CT molecular complexity index is 1220. The molecule has 1 heterocycles. The minimum absolute atomic E-state index is 0.157. The van der Waals surface area contributed by atoms with E-state index >= 15 is 0 Å². The largest absolute Gasteiger partial charge is 0.440 e. The number of fused-ring (bicyclic) bond motifs is 1. The molecular weight excluding hydrogens is 396 g/mol. The molecule has 32 heavy (non-hydrogen) atoms. The summed E-state index contributed by atoms with van der Waals surface area (Å²) in [7, 11) is 0. The Hall–Kier alpha value is -3.66. The molecule has 0 saturated carbocycles. The van der Waals surface area contributed by atoms with Crippen LogP contribution in [0.2, 0.25) is 0 Å². The number of carbonyl (C=O) groups excluding carboxylic acids is 1. The number of rotatable bonds is 6. The van der Waals surface area contributed by atoms with Crippen molar-refractivity contribution in [2.75, 3.05) is 5.32 Å². The number of hydrogen-bond donors (Lipinski definition) is 1. The molecule has 0 aliphatic heterocycles. The Balaban J connectivity index is 1.36. The van der Waals surface area contributed by atoms with Crippen LogP contribution in [0.3, 0.4) is 0 Å². The number of hydrogen-bond acceptors (Lipinski definition) is 3. The fraction of sp³-hybridized carbons (Fsp3) is 0.214. The summed E-state index contributed by atoms with van der Waals surface area (Å²) in [6, 6.07) is 20.1. The third-order valence-electron chi connectivity index (χ3n) is 5.66. The zero-order valence-electron chi connectivity index (χ0n) is 19.0. The molecule has 0 aliphatic carbocycles. The van der Waals surface area contributed by atoms with Crippen LogP contribution in [0.1, 0.15) is 53.5 Å². The highest BCUT2D eigenvalue weighted by molar-refractivity contribution is 6.01. The van der Waals surface area contributed by atoms with Gasteiger partial charge in [0.15, 0.2) is 11.5 Å². The van der Waals surface area contributed by atoms with Crippen LogP contribution in [0.25, 0.3) is 17.2 Å². The third-order valence-corrected chi connectivity index (χ3v) is 5.66. The van der Waals surface area contributed by atoms with E-state index in [0.717, 1.165) is 27.9 Å². The zero-order chi connectivity index (χ0) is 22.7. The number of amides is 1. The van der Waals surface area contributed by atoms with Gasteiger partial charge in [-0.1, -0.05) is 50.2 Å². The Morgan fingerprint density at radius 3 is 2.38 bits per heavy atom. The van der Waals surface area contributed by atoms with Gasteiger partial charge in [-0.3, -0.25) is 4.79 Å². The highest BCUT2D eigenvalue weighted by Crippen LogP contribution is 2.22. The summed E-state index contributed by atoms with van der Waals surface area (Å²) in [5.74, 6) is 1.03. The molecule has 162 valence electrons. The van der Waals surface area contributed by atoms with E-state index in [4.69, 9.17) is 4.42 Å². The number of aromatic nitrogens is 1. The summed E-state index contributed by atoms with van der Waals surface area (Å²) in [5, 5.41) is 2.90. The van der Waals surface area contributed by atoms with Crippen molar-refractivity contribution in [2.45, 2.75) is 40.0 Å². The average molecular weight is 425 g/mol. The van der Waals surface area contributed by atoms with Gasteiger partial charge in [0, 0.05) is 18.2 Å². The fourth-order valence-corrected chi connectivity index (χ4v) is 3.53. The second kappa shape index (κ2) is 9.23. The van der Waals surface area contributed by atoms with Crippen LogP contribution >= 0.6 is 0 Å². The SMILES string of the molecule is Cc1cc2nc(Cc3ccc(NC(=O)/C=C/c4ccc(C(C)C)cc4)cc3)oc2cc1C. The summed E-state index contributed by atoms with van der Waals surface area (Å²) < 4.78 is 5.91. The molecule has 0 unspecified atom stereocenters. The van der Waals surface area contributed by atoms with Crippen molar-refractivity contribution in [3.63, 3.8) is 0 Å². The quantitative estimate of drug-likeness (QED) is 0.346. The molecule has 0 bridgehead atoms. The van der Waals surface area contributed by atoms with Crippen molar-refractivity contribution in [3.8, 4) is 0 Å². The van der Waals surface area contributed by atoms with E-state index in [1.54, 1.807) is 6.08 Å². The van der Waals surface area contributed by atoms with Gasteiger partial charge in [-0.25, -0.2) is 4.98 Å². The van der Waals surface area contributed by atoms with Gasteiger partial charge in [0.2, 0.25) is 5.91 Å². The lowest BCUT2D eigenvalue weighted by Crippen LogP contribution is -2.07. The average Bonchev–Trinajstić information content (AvgIpc) is 3.15. The van der Waals surface area contributed by atoms with E-state index in [-0.39, 0.29) is 5.91 Å². The van der Waals surface area contributed by atoms with E-state index in [0.29, 0.717) is 18.2 Å². The maximum Gasteiger partial charge on any atom is 0.248 e. The van der Waals surface area contributed by atoms with E-state index < -0.39 is 0 Å². The molecule has 0 radical (unpaired) electrons. The molecule has 3 aromatic carbocycles. The summed E-state index contributed by atoms with van der Waals surface area (Å²) in [5.41, 5.74) is 8.22. The molecule has 0 saturated heterocycles. The lowest BCUT2D eigenvalue weighted by molar-refractivity contribution is -0.111. The Morgan fingerprint density at radius 1 is 1.00 bits per heavy atom. The first-order valence-corrected chi connectivity index (χ1v) is 10.9. The van der Waals surface area contributed by atoms with Crippen molar-refractivity contribution in [2.24, 2.45) is 0 Å². The molecule has 4 heteroatoms. The second-order valence-corrected chi connectivity index (χ2v) is 8.53. The van der Waals surface area contributed by atoms with Crippen LogP contribution in [0.5, 0.6) is 0 Å². The smallest absolute Gasteiger partial charge is 0.248 e. The maximum absolute atomic E-state index is 12.3. The summed E-state index contributed by atoms with van der Waals surface area (Å²) in [6.45, 7) is 8.48. The van der Waals surface area contributed by atoms with E-state index in [9.17, 15) is 4.79 Å². The summed E-state index contributed by atoms with van der Waals surface area (Å²) in [6.07, 6.45) is 3.98. The third kappa shape index (κ3) is 5.14. The van der Waals surface area contributed by atoms with Gasteiger partial charge in [0.25, 0.3) is 0 Å². The van der Waals surface area contributed by atoms with E-state index in [2.05, 4.69) is 56.2 Å². The maximum atomic E-state index is 12.3. The Morgan fingerprint density at radius 2 is 1.69 bits per heavy atom. The minimum atomic E-state index is -0.157. The van der Waals surface area contributed by atoms with Crippen molar-refractivity contribution >= 4 is 28.8 Å². The standard InChI is InChI=1S/C28H28N2O2/c1-18(2)23-10-5-21(6-11-23)9-14-27(31)29-24-12-7-22(8-13-24)17-28-30-25-15-19(3)20(4)16-26(25)32-28/h5-16,18H,17H2,1-4H3,(H,29,31)/b14-9+. The molecule has 0 spiro atoms. The van der Waals surface area contributed by atoms with Crippen LogP contribution in [-0.2, 0) is 11.2 Å². The summed E-state index contributed by atoms with van der Waals surface area (Å²) >= 11 is 0. The van der Waals surface area contributed by atoms with Crippen LogP contribution < -0.4 is 5.32 Å². The lowest BCUT2D eigenvalue weighted by atomic mass is 10.0. The molecule has 0 aliphatic rings.